The number of carbonyl (C=O) groups is 3. The van der Waals surface area contributed by atoms with E-state index in [4.69, 9.17) is 0 Å². The van der Waals surface area contributed by atoms with E-state index in [-0.39, 0.29) is 36.7 Å². The predicted octanol–water partition coefficient (Wildman–Crippen LogP) is 2.46. The zero-order valence-corrected chi connectivity index (χ0v) is 24.8. The smallest absolute Gasteiger partial charge is 0.251 e. The molecule has 3 aromatic rings. The van der Waals surface area contributed by atoms with Gasteiger partial charge in [0.05, 0.1) is 42.1 Å². The molecule has 41 heavy (non-hydrogen) atoms. The maximum absolute atomic E-state index is 14.2. The van der Waals surface area contributed by atoms with Gasteiger partial charge >= 0.3 is 0 Å². The van der Waals surface area contributed by atoms with Crippen LogP contribution in [0, 0.1) is 18.3 Å². The summed E-state index contributed by atoms with van der Waals surface area (Å²) in [5.41, 5.74) is 2.61. The van der Waals surface area contributed by atoms with E-state index in [2.05, 4.69) is 10.6 Å². The van der Waals surface area contributed by atoms with Gasteiger partial charge in [-0.25, -0.2) is 8.42 Å². The van der Waals surface area contributed by atoms with Crippen LogP contribution in [-0.4, -0.2) is 63.8 Å². The second-order valence-electron chi connectivity index (χ2n) is 9.97. The Kier molecular flexibility index (Phi) is 9.76. The minimum atomic E-state index is -3.72. The van der Waals surface area contributed by atoms with Crippen LogP contribution in [0.15, 0.2) is 54.6 Å². The molecule has 4 rings (SSSR count). The molecule has 0 fully saturated rings. The number of halogens is 1. The van der Waals surface area contributed by atoms with E-state index in [1.165, 1.54) is 21.9 Å². The van der Waals surface area contributed by atoms with Crippen molar-refractivity contribution in [3.05, 3.63) is 71.3 Å². The van der Waals surface area contributed by atoms with Gasteiger partial charge < -0.3 is 20.4 Å². The largest absolute Gasteiger partial charge is 0.341 e. The molecule has 0 radical (unpaired) electrons. The van der Waals surface area contributed by atoms with E-state index < -0.39 is 45.4 Å². The Balaban J connectivity index is 0.00000462. The average Bonchev–Trinajstić information content (AvgIpc) is 3.03. The summed E-state index contributed by atoms with van der Waals surface area (Å²) in [5.74, 6) is -2.49. The molecule has 0 aliphatic carbocycles. The number of nitrogens with one attached hydrogen (secondary N) is 2. The van der Waals surface area contributed by atoms with E-state index in [0.29, 0.717) is 5.69 Å². The Morgan fingerprint density at radius 3 is 2.49 bits per heavy atom. The van der Waals surface area contributed by atoms with Gasteiger partial charge in [-0.15, -0.1) is 12.4 Å². The van der Waals surface area contributed by atoms with Crippen LogP contribution in [0.3, 0.4) is 0 Å². The molecule has 10 nitrogen and oxygen atoms in total. The number of carbonyl (C=O) groups excluding carboxylic acids is 3. The molecule has 0 bridgehead atoms. The molecule has 2 atom stereocenters. The first kappa shape index (κ1) is 31.5. The second-order valence-corrected chi connectivity index (χ2v) is 12.1. The minimum Gasteiger partial charge on any atom is -0.341 e. The number of benzene rings is 3. The highest BCUT2D eigenvalue weighted by atomic mass is 35.5. The summed E-state index contributed by atoms with van der Waals surface area (Å²) in [6.07, 6.45) is 0.948. The van der Waals surface area contributed by atoms with Crippen LogP contribution in [0.4, 0.5) is 11.4 Å². The number of rotatable bonds is 7. The van der Waals surface area contributed by atoms with Crippen molar-refractivity contribution < 1.29 is 22.8 Å². The highest BCUT2D eigenvalue weighted by Crippen LogP contribution is 2.36. The highest BCUT2D eigenvalue weighted by Gasteiger charge is 2.38. The number of hydrogen-bond acceptors (Lipinski definition) is 7. The lowest BCUT2D eigenvalue weighted by Gasteiger charge is -2.27. The fourth-order valence-corrected chi connectivity index (χ4v) is 5.36. The Morgan fingerprint density at radius 2 is 1.83 bits per heavy atom. The molecule has 1 aliphatic heterocycles. The van der Waals surface area contributed by atoms with Gasteiger partial charge in [0.1, 0.15) is 11.8 Å². The molecular formula is C29H32ClN5O5S. The lowest BCUT2D eigenvalue weighted by molar-refractivity contribution is -0.128. The molecule has 1 aliphatic rings. The fourth-order valence-electron chi connectivity index (χ4n) is 4.75. The first-order valence-corrected chi connectivity index (χ1v) is 14.8. The zero-order chi connectivity index (χ0) is 29.2. The van der Waals surface area contributed by atoms with Gasteiger partial charge in [0.15, 0.2) is 9.84 Å². The van der Waals surface area contributed by atoms with E-state index >= 15 is 0 Å². The van der Waals surface area contributed by atoms with Crippen LogP contribution in [0.2, 0.25) is 0 Å². The Morgan fingerprint density at radius 1 is 1.12 bits per heavy atom. The molecule has 0 unspecified atom stereocenters. The minimum absolute atomic E-state index is 0. The quantitative estimate of drug-likeness (QED) is 0.426. The van der Waals surface area contributed by atoms with Crippen LogP contribution in [-0.2, 0) is 30.8 Å². The SMILES string of the molecule is CN[C@@H](C)C(=O)N[C@H]1CN(C(=O)CS(C)(=O)=O)c2cc(C#N)ccc2N(Cc2c(C)ccc3ccccc23)C1=O.Cl. The molecule has 0 aromatic heterocycles. The number of fused-ring (bicyclic) bond motifs is 2. The van der Waals surface area contributed by atoms with Crippen LogP contribution < -0.4 is 20.4 Å². The fraction of sp³-hybridized carbons (Fsp3) is 0.310. The molecule has 3 amide bonds. The Bertz CT molecular complexity index is 1650. The van der Waals surface area contributed by atoms with E-state index in [1.54, 1.807) is 20.0 Å². The number of anilines is 2. The number of hydrogen-bond donors (Lipinski definition) is 2. The molecule has 0 saturated heterocycles. The van der Waals surface area contributed by atoms with Crippen molar-refractivity contribution in [3.63, 3.8) is 0 Å². The topological polar surface area (TPSA) is 140 Å². The molecule has 0 saturated carbocycles. The molecule has 216 valence electrons. The second kappa shape index (κ2) is 12.7. The van der Waals surface area contributed by atoms with Gasteiger partial charge in [-0.05, 0) is 61.0 Å². The van der Waals surface area contributed by atoms with Crippen molar-refractivity contribution in [1.29, 1.82) is 5.26 Å². The average molecular weight is 598 g/mol. The zero-order valence-electron chi connectivity index (χ0n) is 23.2. The van der Waals surface area contributed by atoms with Crippen molar-refractivity contribution in [3.8, 4) is 6.07 Å². The summed E-state index contributed by atoms with van der Waals surface area (Å²) in [5, 5.41) is 17.1. The summed E-state index contributed by atoms with van der Waals surface area (Å²) in [7, 11) is -2.11. The first-order valence-electron chi connectivity index (χ1n) is 12.7. The standard InChI is InChI=1S/C29H31N5O5S.ClH/c1-18-9-11-21-7-5-6-8-22(21)23(18)15-34-25-12-10-20(14-30)13-26(25)33(27(35)17-40(4,38)39)16-24(29(34)37)32-28(36)19(2)31-3;/h5-13,19,24,31H,15-17H2,1-4H3,(H,32,36);1H/t19-,24-;/m0./s1. The summed E-state index contributed by atoms with van der Waals surface area (Å²) < 4.78 is 24.1. The van der Waals surface area contributed by atoms with Crippen LogP contribution in [0.1, 0.15) is 23.6 Å². The number of aryl methyl sites for hydroxylation is 1. The molecule has 12 heteroatoms. The van der Waals surface area contributed by atoms with Crippen LogP contribution in [0.5, 0.6) is 0 Å². The van der Waals surface area contributed by atoms with Crippen LogP contribution >= 0.6 is 12.4 Å². The van der Waals surface area contributed by atoms with Crippen molar-refractivity contribution in [2.24, 2.45) is 0 Å². The first-order chi connectivity index (χ1) is 18.9. The lowest BCUT2D eigenvalue weighted by atomic mass is 9.98. The molecule has 0 spiro atoms. The highest BCUT2D eigenvalue weighted by molar-refractivity contribution is 7.91. The van der Waals surface area contributed by atoms with Crippen molar-refractivity contribution in [1.82, 2.24) is 10.6 Å². The predicted molar refractivity (Wildman–Crippen MR) is 161 cm³/mol. The number of sulfone groups is 1. The van der Waals surface area contributed by atoms with Gasteiger partial charge in [-0.2, -0.15) is 5.26 Å². The molecular weight excluding hydrogens is 566 g/mol. The number of likely N-dealkylation sites (N-methyl/N-ethyl adjacent to an activating group) is 1. The van der Waals surface area contributed by atoms with Gasteiger partial charge in [0.25, 0.3) is 5.91 Å². The number of amides is 3. The molecule has 2 N–H and O–H groups in total. The van der Waals surface area contributed by atoms with Crippen molar-refractivity contribution in [2.75, 3.05) is 35.4 Å². The normalized spacial score (nSPS) is 15.8. The van der Waals surface area contributed by atoms with E-state index in [0.717, 1.165) is 28.2 Å². The maximum atomic E-state index is 14.2. The van der Waals surface area contributed by atoms with Crippen LogP contribution in [0.25, 0.3) is 10.8 Å². The molecule has 3 aromatic carbocycles. The summed E-state index contributed by atoms with van der Waals surface area (Å²) in [6.45, 7) is 3.39. The van der Waals surface area contributed by atoms with Crippen molar-refractivity contribution in [2.45, 2.75) is 32.5 Å². The summed E-state index contributed by atoms with van der Waals surface area (Å²) in [4.78, 5) is 43.1. The van der Waals surface area contributed by atoms with Gasteiger partial charge in [-0.3, -0.25) is 14.4 Å². The maximum Gasteiger partial charge on any atom is 0.251 e. The van der Waals surface area contributed by atoms with E-state index in [1.807, 2.05) is 49.4 Å². The monoisotopic (exact) mass is 597 g/mol. The van der Waals surface area contributed by atoms with Gasteiger partial charge in [-0.1, -0.05) is 36.4 Å². The summed E-state index contributed by atoms with van der Waals surface area (Å²) in [6, 6.07) is 16.6. The Hall–Kier alpha value is -3.98. The molecule has 1 heterocycles. The third kappa shape index (κ3) is 6.85. The number of nitriles is 1. The third-order valence-electron chi connectivity index (χ3n) is 7.04. The van der Waals surface area contributed by atoms with Gasteiger partial charge in [0.2, 0.25) is 11.8 Å². The summed E-state index contributed by atoms with van der Waals surface area (Å²) >= 11 is 0. The lowest BCUT2D eigenvalue weighted by Crippen LogP contribution is -2.56. The Labute approximate surface area is 245 Å². The number of nitrogens with zero attached hydrogens (tertiary/aromatic N) is 3. The van der Waals surface area contributed by atoms with Crippen molar-refractivity contribution >= 4 is 62.1 Å². The van der Waals surface area contributed by atoms with Gasteiger partial charge in [0, 0.05) is 6.26 Å². The third-order valence-corrected chi connectivity index (χ3v) is 7.81. The van der Waals surface area contributed by atoms with E-state index in [9.17, 15) is 28.1 Å².